The van der Waals surface area contributed by atoms with E-state index in [1.165, 1.54) is 94.5 Å². The summed E-state index contributed by atoms with van der Waals surface area (Å²) < 4.78 is 0. The molecule has 90 heavy (non-hydrogen) atoms. The van der Waals surface area contributed by atoms with Gasteiger partial charge in [-0.05, 0) is 158 Å². The van der Waals surface area contributed by atoms with Gasteiger partial charge in [0.2, 0.25) is 0 Å². The number of fused-ring (bicyclic) bond motifs is 4. The molecule has 2 heterocycles. The highest BCUT2D eigenvalue weighted by molar-refractivity contribution is 7.00. The van der Waals surface area contributed by atoms with E-state index in [0.717, 1.165) is 39.8 Å². The van der Waals surface area contributed by atoms with Crippen LogP contribution in [0.1, 0.15) is 111 Å². The summed E-state index contributed by atoms with van der Waals surface area (Å²) in [5, 5.41) is 0. The average molecular weight is 1160 g/mol. The molecule has 0 aliphatic carbocycles. The third-order valence-electron chi connectivity index (χ3n) is 20.3. The Bertz CT molecular complexity index is 4350. The van der Waals surface area contributed by atoms with Crippen LogP contribution in [0.5, 0.6) is 0 Å². The van der Waals surface area contributed by atoms with Crippen molar-refractivity contribution < 1.29 is 0 Å². The van der Waals surface area contributed by atoms with Crippen LogP contribution in [0.25, 0.3) is 11.1 Å². The van der Waals surface area contributed by atoms with Crippen LogP contribution < -0.4 is 31.1 Å². The standard InChI is InChI=1S/C86H78BN3/c1-59-36-51-77(60(2)54-59)88(71-45-37-62(38-46-71)61-26-16-11-17-27-61)74-57-80-82-81(58-74)90(73-49-41-68(42-50-73)84(5,6)64-30-20-13-21-31-64)79-53-44-70(86(9,10)66-34-24-15-25-35-66)56-76(79)87(82)75-55-69(85(7,8)65-32-22-14-23-33-65)43-52-78(75)89(80)72-47-39-67(40-48-72)83(3,4)63-28-18-12-19-29-63/h11-58H,1-10H3. The lowest BCUT2D eigenvalue weighted by Crippen LogP contribution is -2.61. The summed E-state index contributed by atoms with van der Waals surface area (Å²) in [7, 11) is 0. The summed E-state index contributed by atoms with van der Waals surface area (Å²) in [5.74, 6) is 0. The monoisotopic (exact) mass is 1160 g/mol. The van der Waals surface area contributed by atoms with E-state index in [1.54, 1.807) is 0 Å². The van der Waals surface area contributed by atoms with Gasteiger partial charge in [-0.1, -0.05) is 285 Å². The second kappa shape index (κ2) is 22.6. The van der Waals surface area contributed by atoms with E-state index >= 15 is 0 Å². The second-order valence-electron chi connectivity index (χ2n) is 27.1. The number of anilines is 9. The number of hydrogen-bond acceptors (Lipinski definition) is 3. The van der Waals surface area contributed by atoms with Crippen LogP contribution in [0.2, 0.25) is 0 Å². The van der Waals surface area contributed by atoms with E-state index in [0.29, 0.717) is 0 Å². The van der Waals surface area contributed by atoms with Crippen molar-refractivity contribution in [2.24, 2.45) is 0 Å². The normalized spacial score (nSPS) is 12.9. The molecule has 0 unspecified atom stereocenters. The lowest BCUT2D eigenvalue weighted by atomic mass is 9.33. The number of hydrogen-bond donors (Lipinski definition) is 0. The van der Waals surface area contributed by atoms with Crippen molar-refractivity contribution in [2.45, 2.75) is 90.9 Å². The van der Waals surface area contributed by atoms with Gasteiger partial charge in [-0.15, -0.1) is 0 Å². The van der Waals surface area contributed by atoms with Gasteiger partial charge in [0.1, 0.15) is 0 Å². The third kappa shape index (κ3) is 10.0. The van der Waals surface area contributed by atoms with Crippen molar-refractivity contribution in [1.29, 1.82) is 0 Å². The first kappa shape index (κ1) is 57.8. The van der Waals surface area contributed by atoms with E-state index in [2.05, 4.69) is 375 Å². The van der Waals surface area contributed by atoms with Crippen molar-refractivity contribution in [3.05, 3.63) is 347 Å². The smallest absolute Gasteiger partial charge is 0.252 e. The summed E-state index contributed by atoms with van der Waals surface area (Å²) in [4.78, 5) is 7.69. The van der Waals surface area contributed by atoms with E-state index in [9.17, 15) is 0 Å². The van der Waals surface area contributed by atoms with E-state index < -0.39 is 0 Å². The third-order valence-corrected chi connectivity index (χ3v) is 20.3. The van der Waals surface area contributed by atoms with Gasteiger partial charge in [-0.2, -0.15) is 0 Å². The fraction of sp³-hybridized carbons (Fsp3) is 0.163. The zero-order valence-corrected chi connectivity index (χ0v) is 53.6. The van der Waals surface area contributed by atoms with Crippen molar-refractivity contribution in [1.82, 2.24) is 0 Å². The quantitative estimate of drug-likeness (QED) is 0.101. The maximum Gasteiger partial charge on any atom is 0.252 e. The first-order chi connectivity index (χ1) is 43.5. The fourth-order valence-corrected chi connectivity index (χ4v) is 14.5. The molecule has 12 aromatic rings. The minimum absolute atomic E-state index is 0.160. The van der Waals surface area contributed by atoms with Crippen LogP contribution in [0.3, 0.4) is 0 Å². The summed E-state index contributed by atoms with van der Waals surface area (Å²) in [6, 6.07) is 110. The Morgan fingerprint density at radius 2 is 0.633 bits per heavy atom. The maximum atomic E-state index is 2.60. The Kier molecular flexibility index (Phi) is 14.5. The zero-order valence-electron chi connectivity index (χ0n) is 53.6. The predicted molar refractivity (Wildman–Crippen MR) is 384 cm³/mol. The molecule has 0 fully saturated rings. The van der Waals surface area contributed by atoms with Crippen LogP contribution in [0, 0.1) is 13.8 Å². The number of benzene rings is 12. The minimum Gasteiger partial charge on any atom is -0.311 e. The van der Waals surface area contributed by atoms with Crippen LogP contribution in [0.15, 0.2) is 291 Å². The molecule has 14 rings (SSSR count). The molecule has 0 aromatic heterocycles. The van der Waals surface area contributed by atoms with Gasteiger partial charge < -0.3 is 14.7 Å². The highest BCUT2D eigenvalue weighted by atomic mass is 15.2. The van der Waals surface area contributed by atoms with Crippen molar-refractivity contribution in [2.75, 3.05) is 14.7 Å². The maximum absolute atomic E-state index is 2.60. The topological polar surface area (TPSA) is 9.72 Å². The Labute approximate surface area is 534 Å². The summed E-state index contributed by atoms with van der Waals surface area (Å²) in [6.07, 6.45) is 0. The SMILES string of the molecule is Cc1ccc(N(c2ccc(-c3ccccc3)cc2)c2cc3c4c(c2)N(c2ccc(C(C)(C)c5ccccc5)cc2)c2ccc(C(C)(C)c5ccccc5)cc2B4c2cc(C(C)(C)c4ccccc4)ccc2N3c2ccc(C(C)(C)c3ccccc3)cc2)c(C)c1. The Morgan fingerprint density at radius 1 is 0.289 bits per heavy atom. The molecule has 0 amide bonds. The number of nitrogens with zero attached hydrogens (tertiary/aromatic N) is 3. The molecule has 2 aliphatic heterocycles. The summed E-state index contributed by atoms with van der Waals surface area (Å²) >= 11 is 0. The summed E-state index contributed by atoms with van der Waals surface area (Å²) in [5.41, 5.74) is 27.9. The molecule has 0 N–H and O–H groups in total. The lowest BCUT2D eigenvalue weighted by Gasteiger charge is -2.46. The Balaban J connectivity index is 1.08. The molecule has 4 heteroatoms. The molecule has 2 aliphatic rings. The van der Waals surface area contributed by atoms with Crippen LogP contribution in [-0.4, -0.2) is 6.71 Å². The second-order valence-corrected chi connectivity index (χ2v) is 27.1. The van der Waals surface area contributed by atoms with Crippen molar-refractivity contribution in [3.63, 3.8) is 0 Å². The van der Waals surface area contributed by atoms with Gasteiger partial charge in [0.05, 0.1) is 5.69 Å². The van der Waals surface area contributed by atoms with Crippen molar-refractivity contribution >= 4 is 74.3 Å². The number of aryl methyl sites for hydroxylation is 2. The minimum atomic E-state index is -0.308. The molecular formula is C86H78BN3. The number of rotatable bonds is 14. The molecule has 3 nitrogen and oxygen atoms in total. The molecule has 0 radical (unpaired) electrons. The first-order valence-corrected chi connectivity index (χ1v) is 32.0. The fourth-order valence-electron chi connectivity index (χ4n) is 14.5. The zero-order chi connectivity index (χ0) is 62.1. The molecule has 0 bridgehead atoms. The Morgan fingerprint density at radius 3 is 1.02 bits per heavy atom. The van der Waals surface area contributed by atoms with Crippen LogP contribution in [-0.2, 0) is 21.7 Å². The molecule has 0 spiro atoms. The lowest BCUT2D eigenvalue weighted by molar-refractivity contribution is 0.641. The van der Waals surface area contributed by atoms with Crippen molar-refractivity contribution in [3.8, 4) is 11.1 Å². The molecule has 440 valence electrons. The molecular weight excluding hydrogens is 1090 g/mol. The molecule has 0 atom stereocenters. The largest absolute Gasteiger partial charge is 0.311 e. The molecule has 0 saturated heterocycles. The van der Waals surface area contributed by atoms with E-state index in [-0.39, 0.29) is 28.4 Å². The van der Waals surface area contributed by atoms with Gasteiger partial charge in [-0.3, -0.25) is 0 Å². The Hall–Kier alpha value is -9.90. The van der Waals surface area contributed by atoms with Gasteiger partial charge in [0.25, 0.3) is 6.71 Å². The average Bonchev–Trinajstić information content (AvgIpc) is 0.701. The molecule has 0 saturated carbocycles. The van der Waals surface area contributed by atoms with Gasteiger partial charge in [0, 0.05) is 67.2 Å². The predicted octanol–water partition coefficient (Wildman–Crippen LogP) is 20.8. The van der Waals surface area contributed by atoms with Gasteiger partial charge in [-0.25, -0.2) is 0 Å². The van der Waals surface area contributed by atoms with Gasteiger partial charge in [0.15, 0.2) is 0 Å². The van der Waals surface area contributed by atoms with Crippen LogP contribution in [0.4, 0.5) is 51.2 Å². The van der Waals surface area contributed by atoms with Crippen LogP contribution >= 0.6 is 0 Å². The van der Waals surface area contributed by atoms with E-state index in [4.69, 9.17) is 0 Å². The highest BCUT2D eigenvalue weighted by Crippen LogP contribution is 2.51. The van der Waals surface area contributed by atoms with E-state index in [1.807, 2.05) is 0 Å². The highest BCUT2D eigenvalue weighted by Gasteiger charge is 2.46. The van der Waals surface area contributed by atoms with Gasteiger partial charge >= 0.3 is 0 Å². The first-order valence-electron chi connectivity index (χ1n) is 32.0. The summed E-state index contributed by atoms with van der Waals surface area (Å²) in [6.45, 7) is 23.2. The molecule has 12 aromatic carbocycles.